The molecular weight excluding hydrogens is 242 g/mol. The molecule has 0 spiro atoms. The summed E-state index contributed by atoms with van der Waals surface area (Å²) < 4.78 is 5.04. The fourth-order valence-corrected chi connectivity index (χ4v) is 1.85. The van der Waals surface area contributed by atoms with Crippen LogP contribution in [0.5, 0.6) is 0 Å². The molecule has 2 rings (SSSR count). The van der Waals surface area contributed by atoms with Crippen molar-refractivity contribution in [2.24, 2.45) is 5.73 Å². The Morgan fingerprint density at radius 1 is 1.32 bits per heavy atom. The molecule has 3 N–H and O–H groups in total. The monoisotopic (exact) mass is 261 g/mol. The van der Waals surface area contributed by atoms with E-state index in [4.69, 9.17) is 10.3 Å². The van der Waals surface area contributed by atoms with Gasteiger partial charge in [-0.2, -0.15) is 4.98 Å². The second kappa shape index (κ2) is 5.95. The maximum absolute atomic E-state index is 9.70. The van der Waals surface area contributed by atoms with E-state index in [0.717, 1.165) is 5.56 Å². The highest BCUT2D eigenvalue weighted by Crippen LogP contribution is 2.16. The molecule has 0 aliphatic carbocycles. The van der Waals surface area contributed by atoms with Crippen LogP contribution in [0.25, 0.3) is 0 Å². The fraction of sp³-hybridized carbons (Fsp3) is 0.429. The van der Waals surface area contributed by atoms with Gasteiger partial charge in [-0.05, 0) is 43.5 Å². The highest BCUT2D eigenvalue weighted by Gasteiger charge is 2.15. The molecule has 0 radical (unpaired) electrons. The average molecular weight is 261 g/mol. The van der Waals surface area contributed by atoms with Crippen LogP contribution in [-0.2, 0) is 6.42 Å². The molecular formula is C14H19N3O2. The summed E-state index contributed by atoms with van der Waals surface area (Å²) in [5, 5.41) is 13.6. The summed E-state index contributed by atoms with van der Waals surface area (Å²) in [4.78, 5) is 4.19. The van der Waals surface area contributed by atoms with Crippen LogP contribution < -0.4 is 5.73 Å². The smallest absolute Gasteiger partial charge is 0.255 e. The van der Waals surface area contributed by atoms with Gasteiger partial charge in [0, 0.05) is 6.42 Å². The van der Waals surface area contributed by atoms with Crippen molar-refractivity contribution in [3.63, 3.8) is 0 Å². The molecule has 1 heterocycles. The van der Waals surface area contributed by atoms with Gasteiger partial charge in [-0.15, -0.1) is 0 Å². The Balaban J connectivity index is 2.09. The van der Waals surface area contributed by atoms with Crippen LogP contribution in [0.4, 0.5) is 0 Å². The van der Waals surface area contributed by atoms with Gasteiger partial charge in [-0.3, -0.25) is 0 Å². The molecule has 0 aliphatic rings. The summed E-state index contributed by atoms with van der Waals surface area (Å²) in [6.07, 6.45) is 0.247. The number of hydrogen-bond donors (Lipinski definition) is 2. The van der Waals surface area contributed by atoms with Crippen LogP contribution in [0, 0.1) is 13.8 Å². The molecule has 5 heteroatoms. The number of aliphatic hydroxyl groups excluding tert-OH is 1. The zero-order valence-electron chi connectivity index (χ0n) is 11.3. The molecule has 1 unspecified atom stereocenters. The zero-order valence-corrected chi connectivity index (χ0v) is 11.3. The van der Waals surface area contributed by atoms with E-state index in [0.29, 0.717) is 25.2 Å². The molecule has 0 bridgehead atoms. The van der Waals surface area contributed by atoms with E-state index >= 15 is 0 Å². The number of nitrogens with zero attached hydrogens (tertiary/aromatic N) is 2. The molecule has 0 saturated heterocycles. The third kappa shape index (κ3) is 3.39. The van der Waals surface area contributed by atoms with E-state index in [9.17, 15) is 5.11 Å². The lowest BCUT2D eigenvalue weighted by Crippen LogP contribution is -2.07. The van der Waals surface area contributed by atoms with Crippen molar-refractivity contribution in [2.45, 2.75) is 32.8 Å². The molecule has 102 valence electrons. The van der Waals surface area contributed by atoms with Gasteiger partial charge in [0.05, 0.1) is 0 Å². The van der Waals surface area contributed by atoms with Crippen molar-refractivity contribution < 1.29 is 9.63 Å². The number of nitrogens with two attached hydrogens (primary N) is 1. The summed E-state index contributed by atoms with van der Waals surface area (Å²) in [6, 6.07) is 6.24. The molecule has 0 aliphatic heterocycles. The van der Waals surface area contributed by atoms with E-state index < -0.39 is 6.10 Å². The lowest BCUT2D eigenvalue weighted by molar-refractivity contribution is 0.127. The lowest BCUT2D eigenvalue weighted by atomic mass is 10.0. The van der Waals surface area contributed by atoms with Crippen LogP contribution in [0.1, 0.15) is 40.9 Å². The second-order valence-electron chi connectivity index (χ2n) is 4.74. The minimum absolute atomic E-state index is 0.240. The molecule has 0 fully saturated rings. The van der Waals surface area contributed by atoms with Gasteiger partial charge >= 0.3 is 0 Å². The summed E-state index contributed by atoms with van der Waals surface area (Å²) >= 11 is 0. The van der Waals surface area contributed by atoms with Gasteiger partial charge in [-0.25, -0.2) is 0 Å². The standard InChI is InChI=1S/C14H19N3O2/c1-9-3-4-11(7-10(9)2)8-13-16-14(19-17-13)12(18)5-6-15/h3-4,7,12,18H,5-6,8,15H2,1-2H3. The predicted octanol–water partition coefficient (Wildman–Crippen LogP) is 1.66. The number of aromatic nitrogens is 2. The SMILES string of the molecule is Cc1ccc(Cc2noc(C(O)CCN)n2)cc1C. The van der Waals surface area contributed by atoms with Gasteiger partial charge in [0.2, 0.25) is 0 Å². The molecule has 19 heavy (non-hydrogen) atoms. The van der Waals surface area contributed by atoms with Crippen molar-refractivity contribution in [1.82, 2.24) is 10.1 Å². The van der Waals surface area contributed by atoms with E-state index in [1.54, 1.807) is 0 Å². The predicted molar refractivity (Wildman–Crippen MR) is 71.7 cm³/mol. The molecule has 0 amide bonds. The minimum atomic E-state index is -0.772. The Kier molecular flexibility index (Phi) is 4.29. The van der Waals surface area contributed by atoms with Crippen LogP contribution >= 0.6 is 0 Å². The van der Waals surface area contributed by atoms with Crippen molar-refractivity contribution in [3.8, 4) is 0 Å². The Hall–Kier alpha value is -1.72. The molecule has 1 aromatic carbocycles. The second-order valence-corrected chi connectivity index (χ2v) is 4.74. The van der Waals surface area contributed by atoms with Gasteiger partial charge < -0.3 is 15.4 Å². The number of rotatable bonds is 5. The maximum atomic E-state index is 9.70. The first-order chi connectivity index (χ1) is 9.10. The summed E-state index contributed by atoms with van der Waals surface area (Å²) in [5.41, 5.74) is 9.01. The first-order valence-corrected chi connectivity index (χ1v) is 6.37. The summed E-state index contributed by atoms with van der Waals surface area (Å²) in [5.74, 6) is 0.818. The third-order valence-corrected chi connectivity index (χ3v) is 3.14. The van der Waals surface area contributed by atoms with E-state index in [1.807, 2.05) is 0 Å². The Bertz CT molecular complexity index is 551. The summed E-state index contributed by atoms with van der Waals surface area (Å²) in [7, 11) is 0. The molecule has 5 nitrogen and oxygen atoms in total. The first-order valence-electron chi connectivity index (χ1n) is 6.37. The molecule has 1 aromatic heterocycles. The van der Waals surface area contributed by atoms with Gasteiger partial charge in [0.1, 0.15) is 6.10 Å². The van der Waals surface area contributed by atoms with Crippen molar-refractivity contribution in [1.29, 1.82) is 0 Å². The fourth-order valence-electron chi connectivity index (χ4n) is 1.85. The van der Waals surface area contributed by atoms with Gasteiger partial charge in [-0.1, -0.05) is 23.4 Å². The van der Waals surface area contributed by atoms with E-state index in [2.05, 4.69) is 42.2 Å². The Labute approximate surface area is 112 Å². The van der Waals surface area contributed by atoms with Crippen LogP contribution in [0.15, 0.2) is 22.7 Å². The van der Waals surface area contributed by atoms with Crippen LogP contribution in [0.2, 0.25) is 0 Å². The molecule has 2 aromatic rings. The highest BCUT2D eigenvalue weighted by molar-refractivity contribution is 5.31. The molecule has 0 saturated carbocycles. The van der Waals surface area contributed by atoms with Crippen LogP contribution in [-0.4, -0.2) is 21.8 Å². The minimum Gasteiger partial charge on any atom is -0.383 e. The number of aliphatic hydroxyl groups is 1. The van der Waals surface area contributed by atoms with E-state index in [-0.39, 0.29) is 5.89 Å². The number of aryl methyl sites for hydroxylation is 2. The summed E-state index contributed by atoms with van der Waals surface area (Å²) in [6.45, 7) is 4.54. The normalized spacial score (nSPS) is 12.6. The highest BCUT2D eigenvalue weighted by atomic mass is 16.5. The van der Waals surface area contributed by atoms with Crippen molar-refractivity contribution in [2.75, 3.05) is 6.54 Å². The Morgan fingerprint density at radius 2 is 2.11 bits per heavy atom. The van der Waals surface area contributed by atoms with Gasteiger partial charge in [0.25, 0.3) is 5.89 Å². The van der Waals surface area contributed by atoms with Crippen molar-refractivity contribution in [3.05, 3.63) is 46.6 Å². The molecule has 1 atom stereocenters. The average Bonchev–Trinajstić information content (AvgIpc) is 2.83. The quantitative estimate of drug-likeness (QED) is 0.855. The van der Waals surface area contributed by atoms with Crippen LogP contribution in [0.3, 0.4) is 0 Å². The lowest BCUT2D eigenvalue weighted by Gasteiger charge is -2.03. The van der Waals surface area contributed by atoms with Gasteiger partial charge in [0.15, 0.2) is 5.82 Å². The number of hydrogen-bond acceptors (Lipinski definition) is 5. The van der Waals surface area contributed by atoms with Crippen molar-refractivity contribution >= 4 is 0 Å². The third-order valence-electron chi connectivity index (χ3n) is 3.14. The Morgan fingerprint density at radius 3 is 2.79 bits per heavy atom. The topological polar surface area (TPSA) is 85.2 Å². The number of benzene rings is 1. The maximum Gasteiger partial charge on any atom is 0.255 e. The zero-order chi connectivity index (χ0) is 13.8. The van der Waals surface area contributed by atoms with E-state index in [1.165, 1.54) is 11.1 Å². The first kappa shape index (κ1) is 13.7. The largest absolute Gasteiger partial charge is 0.383 e.